The van der Waals surface area contributed by atoms with E-state index in [1.165, 1.54) is 5.56 Å². The number of aromatic amines is 1. The smallest absolute Gasteiger partial charge is 0.272 e. The molecule has 0 aliphatic carbocycles. The monoisotopic (exact) mass is 364 g/mol. The molecule has 0 bridgehead atoms. The van der Waals surface area contributed by atoms with E-state index in [0.29, 0.717) is 31.3 Å². The molecule has 1 aromatic carbocycles. The predicted molar refractivity (Wildman–Crippen MR) is 99.6 cm³/mol. The van der Waals surface area contributed by atoms with Gasteiger partial charge in [0, 0.05) is 30.8 Å². The van der Waals surface area contributed by atoms with Crippen LogP contribution in [0.25, 0.3) is 0 Å². The second-order valence-electron chi connectivity index (χ2n) is 6.25. The number of fused-ring (bicyclic) bond motifs is 1. The van der Waals surface area contributed by atoms with Crippen molar-refractivity contribution in [1.82, 2.24) is 20.8 Å². The van der Waals surface area contributed by atoms with Crippen molar-refractivity contribution in [2.24, 2.45) is 0 Å². The first-order chi connectivity index (χ1) is 11.7. The number of nitrogens with zero attached hydrogens (tertiary/aromatic N) is 1. The molecular formula is C18H25ClN4O2. The summed E-state index contributed by atoms with van der Waals surface area (Å²) in [5, 5.41) is 13.3. The van der Waals surface area contributed by atoms with E-state index in [1.54, 1.807) is 0 Å². The van der Waals surface area contributed by atoms with Crippen LogP contribution in [0.4, 0.5) is 0 Å². The lowest BCUT2D eigenvalue weighted by atomic mass is 10.0. The summed E-state index contributed by atoms with van der Waals surface area (Å²) in [6, 6.07) is 8.01. The summed E-state index contributed by atoms with van der Waals surface area (Å²) < 4.78 is 5.82. The maximum atomic E-state index is 12.3. The SMILES string of the molecule is CC(C)c1ccccc1OCCNC(=O)c1n[nH]c2c1CNCC2.Cl. The van der Waals surface area contributed by atoms with Crippen LogP contribution in [-0.2, 0) is 13.0 Å². The number of hydrogen-bond acceptors (Lipinski definition) is 4. The van der Waals surface area contributed by atoms with E-state index in [4.69, 9.17) is 4.74 Å². The number of carbonyl (C=O) groups excluding carboxylic acids is 1. The Morgan fingerprint density at radius 1 is 1.36 bits per heavy atom. The number of H-pyrrole nitrogens is 1. The molecule has 0 atom stereocenters. The highest BCUT2D eigenvalue weighted by atomic mass is 35.5. The number of aromatic nitrogens is 2. The first kappa shape index (κ1) is 19.3. The molecule has 0 unspecified atom stereocenters. The van der Waals surface area contributed by atoms with Crippen molar-refractivity contribution < 1.29 is 9.53 Å². The summed E-state index contributed by atoms with van der Waals surface area (Å²) in [6.45, 7) is 6.75. The maximum absolute atomic E-state index is 12.3. The third-order valence-electron chi connectivity index (χ3n) is 4.21. The van der Waals surface area contributed by atoms with Gasteiger partial charge in [-0.25, -0.2) is 0 Å². The van der Waals surface area contributed by atoms with Gasteiger partial charge in [-0.1, -0.05) is 32.0 Å². The molecule has 7 heteroatoms. The summed E-state index contributed by atoms with van der Waals surface area (Å²) >= 11 is 0. The van der Waals surface area contributed by atoms with Crippen LogP contribution in [0.1, 0.15) is 47.1 Å². The third-order valence-corrected chi connectivity index (χ3v) is 4.21. The van der Waals surface area contributed by atoms with Crippen LogP contribution in [0.5, 0.6) is 5.75 Å². The van der Waals surface area contributed by atoms with Crippen LogP contribution in [0.15, 0.2) is 24.3 Å². The van der Waals surface area contributed by atoms with E-state index in [1.807, 2.05) is 18.2 Å². The molecule has 0 saturated carbocycles. The van der Waals surface area contributed by atoms with E-state index < -0.39 is 0 Å². The fourth-order valence-corrected chi connectivity index (χ4v) is 2.91. The highest BCUT2D eigenvalue weighted by molar-refractivity contribution is 5.94. The van der Waals surface area contributed by atoms with Gasteiger partial charge in [0.15, 0.2) is 5.69 Å². The normalized spacial score (nSPS) is 13.1. The lowest BCUT2D eigenvalue weighted by molar-refractivity contribution is 0.0940. The molecule has 6 nitrogen and oxygen atoms in total. The van der Waals surface area contributed by atoms with E-state index >= 15 is 0 Å². The summed E-state index contributed by atoms with van der Waals surface area (Å²) in [5.41, 5.74) is 3.70. The van der Waals surface area contributed by atoms with Gasteiger partial charge in [-0.15, -0.1) is 12.4 Å². The molecule has 0 saturated heterocycles. The van der Waals surface area contributed by atoms with Crippen molar-refractivity contribution >= 4 is 18.3 Å². The molecule has 136 valence electrons. The zero-order valence-corrected chi connectivity index (χ0v) is 15.4. The van der Waals surface area contributed by atoms with E-state index in [0.717, 1.165) is 30.0 Å². The fraction of sp³-hybridized carbons (Fsp3) is 0.444. The number of nitrogens with one attached hydrogen (secondary N) is 3. The molecule has 1 aliphatic heterocycles. The van der Waals surface area contributed by atoms with Crippen molar-refractivity contribution in [1.29, 1.82) is 0 Å². The second-order valence-corrected chi connectivity index (χ2v) is 6.25. The number of ether oxygens (including phenoxy) is 1. The number of halogens is 1. The van der Waals surface area contributed by atoms with Crippen molar-refractivity contribution in [3.8, 4) is 5.75 Å². The van der Waals surface area contributed by atoms with Crippen LogP contribution in [0, 0.1) is 0 Å². The van der Waals surface area contributed by atoms with Gasteiger partial charge in [0.1, 0.15) is 12.4 Å². The topological polar surface area (TPSA) is 79.0 Å². The van der Waals surface area contributed by atoms with Gasteiger partial charge in [0.25, 0.3) is 5.91 Å². The van der Waals surface area contributed by atoms with Crippen LogP contribution >= 0.6 is 12.4 Å². The first-order valence-electron chi connectivity index (χ1n) is 8.43. The minimum atomic E-state index is -0.156. The molecule has 0 spiro atoms. The van der Waals surface area contributed by atoms with Crippen molar-refractivity contribution in [2.45, 2.75) is 32.7 Å². The lowest BCUT2D eigenvalue weighted by Crippen LogP contribution is -2.31. The highest BCUT2D eigenvalue weighted by Crippen LogP contribution is 2.25. The van der Waals surface area contributed by atoms with Crippen LogP contribution in [-0.4, -0.2) is 35.8 Å². The van der Waals surface area contributed by atoms with E-state index in [-0.39, 0.29) is 18.3 Å². The summed E-state index contributed by atoms with van der Waals surface area (Å²) in [4.78, 5) is 12.3. The standard InChI is InChI=1S/C18H24N4O2.ClH/c1-12(2)13-5-3-4-6-16(13)24-10-9-20-18(23)17-14-11-19-8-7-15(14)21-22-17;/h3-6,12,19H,7-11H2,1-2H3,(H,20,23)(H,21,22);1H. The largest absolute Gasteiger partial charge is 0.491 e. The Hall–Kier alpha value is -2.05. The van der Waals surface area contributed by atoms with Gasteiger partial charge in [0.05, 0.1) is 6.54 Å². The van der Waals surface area contributed by atoms with E-state index in [2.05, 4.69) is 40.7 Å². The Labute approximate surface area is 154 Å². The summed E-state index contributed by atoms with van der Waals surface area (Å²) in [5.74, 6) is 1.12. The van der Waals surface area contributed by atoms with Gasteiger partial charge in [-0.3, -0.25) is 9.89 Å². The van der Waals surface area contributed by atoms with Gasteiger partial charge < -0.3 is 15.4 Å². The Morgan fingerprint density at radius 3 is 2.96 bits per heavy atom. The molecule has 1 aliphatic rings. The second kappa shape index (κ2) is 8.87. The number of hydrogen-bond donors (Lipinski definition) is 3. The van der Waals surface area contributed by atoms with Crippen LogP contribution in [0.3, 0.4) is 0 Å². The van der Waals surface area contributed by atoms with Crippen molar-refractivity contribution in [2.75, 3.05) is 19.7 Å². The summed E-state index contributed by atoms with van der Waals surface area (Å²) in [7, 11) is 0. The van der Waals surface area contributed by atoms with Crippen molar-refractivity contribution in [3.63, 3.8) is 0 Å². The zero-order chi connectivity index (χ0) is 16.9. The Bertz CT molecular complexity index is 715. The molecule has 2 heterocycles. The number of rotatable bonds is 6. The molecule has 3 rings (SSSR count). The Morgan fingerprint density at radius 2 is 2.16 bits per heavy atom. The average Bonchev–Trinajstić information content (AvgIpc) is 3.03. The lowest BCUT2D eigenvalue weighted by Gasteiger charge is -2.14. The Balaban J connectivity index is 0.00000225. The zero-order valence-electron chi connectivity index (χ0n) is 14.6. The first-order valence-corrected chi connectivity index (χ1v) is 8.43. The minimum Gasteiger partial charge on any atom is -0.491 e. The van der Waals surface area contributed by atoms with Gasteiger partial charge in [-0.2, -0.15) is 5.10 Å². The molecule has 1 amide bonds. The maximum Gasteiger partial charge on any atom is 0.272 e. The predicted octanol–water partition coefficient (Wildman–Crippen LogP) is 2.41. The molecule has 3 N–H and O–H groups in total. The molecule has 25 heavy (non-hydrogen) atoms. The molecule has 0 fully saturated rings. The number of benzene rings is 1. The Kier molecular flexibility index (Phi) is 6.84. The van der Waals surface area contributed by atoms with Gasteiger partial charge in [0.2, 0.25) is 0 Å². The highest BCUT2D eigenvalue weighted by Gasteiger charge is 2.21. The van der Waals surface area contributed by atoms with Crippen molar-refractivity contribution in [3.05, 3.63) is 46.8 Å². The van der Waals surface area contributed by atoms with Crippen LogP contribution in [0.2, 0.25) is 0 Å². The minimum absolute atomic E-state index is 0. The molecule has 2 aromatic rings. The summed E-state index contributed by atoms with van der Waals surface area (Å²) in [6.07, 6.45) is 0.880. The molecule has 1 aromatic heterocycles. The van der Waals surface area contributed by atoms with Gasteiger partial charge in [-0.05, 0) is 17.5 Å². The fourth-order valence-electron chi connectivity index (χ4n) is 2.91. The number of para-hydroxylation sites is 1. The third kappa shape index (κ3) is 4.52. The quantitative estimate of drug-likeness (QED) is 0.688. The molecular weight excluding hydrogens is 340 g/mol. The van der Waals surface area contributed by atoms with Gasteiger partial charge >= 0.3 is 0 Å². The average molecular weight is 365 g/mol. The number of carbonyl (C=O) groups is 1. The van der Waals surface area contributed by atoms with Crippen LogP contribution < -0.4 is 15.4 Å². The number of amides is 1. The van der Waals surface area contributed by atoms with E-state index in [9.17, 15) is 4.79 Å². The molecule has 0 radical (unpaired) electrons.